The van der Waals surface area contributed by atoms with Crippen LogP contribution in [0.3, 0.4) is 0 Å². The Morgan fingerprint density at radius 1 is 0.244 bits per heavy atom. The molecule has 0 heterocycles. The average Bonchev–Trinajstić information content (AvgIpc) is 2.59. The van der Waals surface area contributed by atoms with Crippen LogP contribution in [0.2, 0.25) is 0 Å². The summed E-state index contributed by atoms with van der Waals surface area (Å²) in [5, 5.41) is 0. The van der Waals surface area contributed by atoms with E-state index in [-0.39, 0.29) is 0 Å². The van der Waals surface area contributed by atoms with Gasteiger partial charge in [-0.15, -0.1) is 0 Å². The van der Waals surface area contributed by atoms with Crippen molar-refractivity contribution >= 4 is 0 Å². The molecule has 0 aliphatic heterocycles. The van der Waals surface area contributed by atoms with Crippen molar-refractivity contribution in [3.05, 3.63) is 0 Å². The first-order valence-corrected chi connectivity index (χ1v) is 8.14. The Labute approximate surface area is 202 Å². The van der Waals surface area contributed by atoms with Crippen molar-refractivity contribution in [1.29, 1.82) is 0 Å². The molecule has 0 aliphatic carbocycles. The van der Waals surface area contributed by atoms with E-state index >= 15 is 0 Å². The molecular weight excluding hydrogens is 686 g/mol. The highest BCUT2D eigenvalue weighted by Crippen LogP contribution is 2.60. The maximum Gasteiger partial charge on any atom is 0.462 e. The van der Waals surface area contributed by atoms with E-state index in [9.17, 15) is 114 Å². The predicted octanol–water partition coefficient (Wildman–Crippen LogP) is 8.26. The zero-order chi connectivity index (χ0) is 34.1. The summed E-state index contributed by atoms with van der Waals surface area (Å²) in [5.41, 5.74) is -8.59. The van der Waals surface area contributed by atoms with E-state index in [2.05, 4.69) is 0 Å². The molecule has 29 heteroatoms. The van der Waals surface area contributed by atoms with Crippen LogP contribution in [0.1, 0.15) is 0 Å². The van der Waals surface area contributed by atoms with Gasteiger partial charge < -0.3 is 0 Å². The van der Waals surface area contributed by atoms with Crippen LogP contribution in [0.25, 0.3) is 0 Å². The summed E-state index contributed by atoms with van der Waals surface area (Å²) in [6.45, 7) is 0. The number of alkyl halides is 26. The van der Waals surface area contributed by atoms with Crippen LogP contribution in [-0.4, -0.2) is 72.7 Å². The number of rotatable bonds is 9. The quantitative estimate of drug-likeness (QED) is 0.229. The highest BCUT2D eigenvalue weighted by molar-refractivity contribution is 5.04. The fraction of sp³-hybridized carbons (Fsp3) is 1.00. The standard InChI is InChI=1S/C12F26O3/c13-2(14,7(25,26)27)9(31,32)40-3(15,8(28,29)30)10(33,34)41-12(37,38)11(35,36)39-1(4(16,17)18,5(19,20)21)6(22,23)24. The second-order valence-corrected chi connectivity index (χ2v) is 6.71. The molecule has 41 heavy (non-hydrogen) atoms. The normalized spacial score (nSPS) is 18.0. The molecule has 1 atom stereocenters. The SMILES string of the molecule is FC(F)(F)C(F)(F)C(F)(F)OC(F)(C(F)(F)F)C(F)(F)OC(F)(F)C(F)(F)OC(C(F)(F)F)(C(F)(F)F)C(F)(F)F. The summed E-state index contributed by atoms with van der Waals surface area (Å²) in [5.74, 6) is -16.9. The zero-order valence-corrected chi connectivity index (χ0v) is 17.1. The van der Waals surface area contributed by atoms with Gasteiger partial charge in [0, 0.05) is 0 Å². The van der Waals surface area contributed by atoms with Gasteiger partial charge in [-0.25, -0.2) is 4.74 Å². The molecule has 0 saturated heterocycles. The van der Waals surface area contributed by atoms with Gasteiger partial charge in [0.2, 0.25) is 0 Å². The van der Waals surface area contributed by atoms with Crippen molar-refractivity contribution in [2.45, 2.75) is 72.7 Å². The highest BCUT2D eigenvalue weighted by atomic mass is 19.4. The molecule has 0 rings (SSSR count). The smallest absolute Gasteiger partial charge is 0.280 e. The predicted molar refractivity (Wildman–Crippen MR) is 64.8 cm³/mol. The fourth-order valence-corrected chi connectivity index (χ4v) is 1.88. The molecule has 0 radical (unpaired) electrons. The van der Waals surface area contributed by atoms with Gasteiger partial charge in [0.05, 0.1) is 0 Å². The van der Waals surface area contributed by atoms with Gasteiger partial charge in [-0.05, 0) is 0 Å². The first-order chi connectivity index (χ1) is 17.1. The molecule has 0 aliphatic rings. The van der Waals surface area contributed by atoms with Crippen molar-refractivity contribution in [2.75, 3.05) is 0 Å². The average molecular weight is 686 g/mol. The molecule has 0 amide bonds. The number of ether oxygens (including phenoxy) is 3. The molecule has 0 fully saturated rings. The van der Waals surface area contributed by atoms with Gasteiger partial charge in [-0.3, -0.25) is 9.47 Å². The second-order valence-electron chi connectivity index (χ2n) is 6.71. The summed E-state index contributed by atoms with van der Waals surface area (Å²) in [7, 11) is 0. The Morgan fingerprint density at radius 3 is 0.780 bits per heavy atom. The van der Waals surface area contributed by atoms with Gasteiger partial charge in [0.1, 0.15) is 0 Å². The van der Waals surface area contributed by atoms with E-state index in [4.69, 9.17) is 0 Å². The van der Waals surface area contributed by atoms with E-state index < -0.39 is 72.7 Å². The van der Waals surface area contributed by atoms with Crippen molar-refractivity contribution in [3.63, 3.8) is 0 Å². The summed E-state index contributed by atoms with van der Waals surface area (Å²) in [6, 6.07) is 0. The third-order valence-corrected chi connectivity index (χ3v) is 3.80. The van der Waals surface area contributed by atoms with Gasteiger partial charge in [0.25, 0.3) is 0 Å². The lowest BCUT2D eigenvalue weighted by Gasteiger charge is -2.42. The van der Waals surface area contributed by atoms with Crippen LogP contribution in [-0.2, 0) is 14.2 Å². The Morgan fingerprint density at radius 2 is 0.537 bits per heavy atom. The first-order valence-electron chi connectivity index (χ1n) is 8.14. The van der Waals surface area contributed by atoms with Crippen molar-refractivity contribution in [1.82, 2.24) is 0 Å². The van der Waals surface area contributed by atoms with Crippen LogP contribution in [0.4, 0.5) is 114 Å². The largest absolute Gasteiger partial charge is 0.462 e. The van der Waals surface area contributed by atoms with Crippen molar-refractivity contribution in [3.8, 4) is 0 Å². The molecule has 0 saturated carbocycles. The van der Waals surface area contributed by atoms with Gasteiger partial charge in [-0.1, -0.05) is 0 Å². The first kappa shape index (κ1) is 39.1. The molecule has 0 bridgehead atoms. The zero-order valence-electron chi connectivity index (χ0n) is 17.1. The Kier molecular flexibility index (Phi) is 9.33. The van der Waals surface area contributed by atoms with Crippen LogP contribution in [0.5, 0.6) is 0 Å². The molecule has 0 N–H and O–H groups in total. The lowest BCUT2D eigenvalue weighted by atomic mass is 10.0. The molecule has 1 unspecified atom stereocenters. The highest BCUT2D eigenvalue weighted by Gasteiger charge is 2.90. The van der Waals surface area contributed by atoms with Crippen molar-refractivity contribution < 1.29 is 128 Å². The summed E-state index contributed by atoms with van der Waals surface area (Å²) in [4.78, 5) is 0. The van der Waals surface area contributed by atoms with E-state index in [0.717, 1.165) is 14.2 Å². The lowest BCUT2D eigenvalue weighted by Crippen LogP contribution is -2.72. The molecule has 0 aromatic carbocycles. The maximum absolute atomic E-state index is 13.8. The Hall–Kier alpha value is -1.94. The molecule has 0 aromatic rings. The third kappa shape index (κ3) is 6.38. The molecule has 3 nitrogen and oxygen atoms in total. The summed E-state index contributed by atoms with van der Waals surface area (Å²) < 4.78 is 335. The minimum Gasteiger partial charge on any atom is -0.280 e. The van der Waals surface area contributed by atoms with E-state index in [1.54, 1.807) is 0 Å². The van der Waals surface area contributed by atoms with E-state index in [0.29, 0.717) is 0 Å². The number of halogens is 26. The van der Waals surface area contributed by atoms with E-state index in [1.807, 2.05) is 0 Å². The molecule has 248 valence electrons. The second kappa shape index (κ2) is 9.79. The number of hydrogen-bond acceptors (Lipinski definition) is 3. The van der Waals surface area contributed by atoms with Crippen LogP contribution >= 0.6 is 0 Å². The minimum atomic E-state index is -8.70. The lowest BCUT2D eigenvalue weighted by molar-refractivity contribution is -0.583. The molecular formula is C12F26O3. The van der Waals surface area contributed by atoms with Gasteiger partial charge in [-0.2, -0.15) is 114 Å². The summed E-state index contributed by atoms with van der Waals surface area (Å²) >= 11 is 0. The van der Waals surface area contributed by atoms with Gasteiger partial charge >= 0.3 is 72.7 Å². The van der Waals surface area contributed by atoms with Gasteiger partial charge in [0.15, 0.2) is 0 Å². The Balaban J connectivity index is 7.08. The Bertz CT molecular complexity index is 878. The van der Waals surface area contributed by atoms with Crippen LogP contribution in [0.15, 0.2) is 0 Å². The van der Waals surface area contributed by atoms with Crippen LogP contribution in [0, 0.1) is 0 Å². The van der Waals surface area contributed by atoms with E-state index in [1.165, 1.54) is 0 Å². The van der Waals surface area contributed by atoms with Crippen molar-refractivity contribution in [2.24, 2.45) is 0 Å². The molecule has 0 aromatic heterocycles. The summed E-state index contributed by atoms with van der Waals surface area (Å²) in [6.07, 6.45) is -75.9. The fourth-order valence-electron chi connectivity index (χ4n) is 1.88. The topological polar surface area (TPSA) is 27.7 Å². The molecule has 0 spiro atoms. The monoisotopic (exact) mass is 686 g/mol. The number of hydrogen-bond donors (Lipinski definition) is 0. The third-order valence-electron chi connectivity index (χ3n) is 3.80. The minimum absolute atomic E-state index is 0.887. The maximum atomic E-state index is 13.8. The van der Waals surface area contributed by atoms with Crippen LogP contribution < -0.4 is 0 Å².